The lowest BCUT2D eigenvalue weighted by atomic mass is 10.1. The topological polar surface area (TPSA) is 78.9 Å². The molecule has 0 saturated carbocycles. The molecule has 2 aromatic heterocycles. The summed E-state index contributed by atoms with van der Waals surface area (Å²) < 4.78 is 0. The number of fused-ring (bicyclic) bond motifs is 1. The first kappa shape index (κ1) is 22.1. The number of pyridine rings is 2. The minimum absolute atomic E-state index is 0.167. The summed E-state index contributed by atoms with van der Waals surface area (Å²) in [5.41, 5.74) is 7.20. The molecule has 0 aliphatic heterocycles. The molecule has 1 amide bonds. The van der Waals surface area contributed by atoms with Crippen LogP contribution in [0.4, 0.5) is 28.4 Å². The Morgan fingerprint density at radius 1 is 0.743 bits per heavy atom. The van der Waals surface area contributed by atoms with E-state index in [9.17, 15) is 4.79 Å². The number of benzene rings is 3. The molecule has 6 nitrogen and oxygen atoms in total. The summed E-state index contributed by atoms with van der Waals surface area (Å²) in [6.45, 7) is 2.14. The normalized spacial score (nSPS) is 10.7. The summed E-state index contributed by atoms with van der Waals surface area (Å²) in [5, 5.41) is 10.8. The second-order valence-corrected chi connectivity index (χ2v) is 8.16. The van der Waals surface area contributed by atoms with Crippen molar-refractivity contribution in [1.29, 1.82) is 0 Å². The van der Waals surface area contributed by atoms with E-state index in [0.717, 1.165) is 40.1 Å². The Bertz CT molecular complexity index is 1470. The maximum absolute atomic E-state index is 12.8. The van der Waals surface area contributed by atoms with Gasteiger partial charge in [-0.3, -0.25) is 14.8 Å². The number of hydrogen-bond donors (Lipinski definition) is 3. The quantitative estimate of drug-likeness (QED) is 0.246. The average Bonchev–Trinajstić information content (AvgIpc) is 2.90. The number of carbonyl (C=O) groups excluding carboxylic acids is 1. The molecule has 0 radical (unpaired) electrons. The second-order valence-electron chi connectivity index (χ2n) is 8.16. The molecule has 0 aliphatic carbocycles. The van der Waals surface area contributed by atoms with Gasteiger partial charge in [0.25, 0.3) is 5.91 Å². The zero-order chi connectivity index (χ0) is 24.0. The van der Waals surface area contributed by atoms with Crippen molar-refractivity contribution in [2.24, 2.45) is 0 Å². The van der Waals surface area contributed by atoms with E-state index < -0.39 is 0 Å². The van der Waals surface area contributed by atoms with Gasteiger partial charge < -0.3 is 16.0 Å². The minimum atomic E-state index is -0.167. The number of anilines is 5. The summed E-state index contributed by atoms with van der Waals surface area (Å²) in [6.07, 6.45) is 6.23. The SMILES string of the molecule is CCc1ccc2nccc(Nc3ccc(C(=O)Nc4cccc(Nc5ccncc5)c4)cc3)c2c1. The van der Waals surface area contributed by atoms with Gasteiger partial charge >= 0.3 is 0 Å². The van der Waals surface area contributed by atoms with Crippen LogP contribution < -0.4 is 16.0 Å². The zero-order valence-corrected chi connectivity index (χ0v) is 19.3. The van der Waals surface area contributed by atoms with E-state index in [0.29, 0.717) is 11.3 Å². The van der Waals surface area contributed by atoms with Crippen LogP contribution in [0.25, 0.3) is 10.9 Å². The fraction of sp³-hybridized carbons (Fsp3) is 0.0690. The van der Waals surface area contributed by atoms with Crippen LogP contribution in [0.1, 0.15) is 22.8 Å². The van der Waals surface area contributed by atoms with Crippen LogP contribution >= 0.6 is 0 Å². The smallest absolute Gasteiger partial charge is 0.255 e. The van der Waals surface area contributed by atoms with E-state index in [4.69, 9.17) is 0 Å². The number of aryl methyl sites for hydroxylation is 1. The van der Waals surface area contributed by atoms with E-state index in [1.807, 2.05) is 72.8 Å². The molecule has 0 bridgehead atoms. The van der Waals surface area contributed by atoms with Gasteiger partial charge in [0.1, 0.15) is 0 Å². The van der Waals surface area contributed by atoms with Crippen LogP contribution in [0.3, 0.4) is 0 Å². The maximum atomic E-state index is 12.8. The summed E-state index contributed by atoms with van der Waals surface area (Å²) in [5.74, 6) is -0.167. The highest BCUT2D eigenvalue weighted by atomic mass is 16.1. The number of amides is 1. The summed E-state index contributed by atoms with van der Waals surface area (Å²) >= 11 is 0. The van der Waals surface area contributed by atoms with Crippen LogP contribution in [0.2, 0.25) is 0 Å². The van der Waals surface area contributed by atoms with E-state index in [1.165, 1.54) is 5.56 Å². The molecule has 0 unspecified atom stereocenters. The lowest BCUT2D eigenvalue weighted by Gasteiger charge is -2.12. The van der Waals surface area contributed by atoms with Crippen LogP contribution in [0.15, 0.2) is 104 Å². The number of rotatable bonds is 7. The van der Waals surface area contributed by atoms with E-state index in [2.05, 4.69) is 45.0 Å². The molecule has 0 spiro atoms. The van der Waals surface area contributed by atoms with Gasteiger partial charge in [-0.05, 0) is 84.8 Å². The molecule has 0 aliphatic rings. The van der Waals surface area contributed by atoms with Gasteiger partial charge in [-0.25, -0.2) is 0 Å². The van der Waals surface area contributed by atoms with E-state index in [-0.39, 0.29) is 5.91 Å². The molecule has 5 aromatic rings. The molecule has 0 saturated heterocycles. The Kier molecular flexibility index (Phi) is 6.35. The van der Waals surface area contributed by atoms with E-state index >= 15 is 0 Å². The highest BCUT2D eigenvalue weighted by Gasteiger charge is 2.08. The molecule has 172 valence electrons. The van der Waals surface area contributed by atoms with Crippen molar-refractivity contribution in [2.75, 3.05) is 16.0 Å². The number of nitrogens with zero attached hydrogens (tertiary/aromatic N) is 2. The molecule has 2 heterocycles. The first-order valence-corrected chi connectivity index (χ1v) is 11.5. The molecular formula is C29H25N5O. The Balaban J connectivity index is 1.28. The molecular weight excluding hydrogens is 434 g/mol. The van der Waals surface area contributed by atoms with Crippen LogP contribution in [0, 0.1) is 0 Å². The lowest BCUT2D eigenvalue weighted by Crippen LogP contribution is -2.11. The molecule has 5 rings (SSSR count). The van der Waals surface area contributed by atoms with Crippen molar-refractivity contribution in [1.82, 2.24) is 9.97 Å². The van der Waals surface area contributed by atoms with Gasteiger partial charge in [-0.1, -0.05) is 19.1 Å². The second kappa shape index (κ2) is 10.1. The monoisotopic (exact) mass is 459 g/mol. The number of hydrogen-bond acceptors (Lipinski definition) is 5. The molecule has 3 aromatic carbocycles. The third kappa shape index (κ3) is 5.28. The third-order valence-electron chi connectivity index (χ3n) is 5.73. The standard InChI is InChI=1S/C29H25N5O/c1-2-20-6-11-27-26(18-20)28(14-17-31-27)33-22-9-7-21(8-10-22)29(35)34-25-5-3-4-24(19-25)32-23-12-15-30-16-13-23/h3-19H,2H2,1H3,(H,30,32)(H,31,33)(H,34,35). The van der Waals surface area contributed by atoms with Crippen molar-refractivity contribution in [3.63, 3.8) is 0 Å². The number of carbonyl (C=O) groups is 1. The molecule has 6 heteroatoms. The number of aromatic nitrogens is 2. The highest BCUT2D eigenvalue weighted by molar-refractivity contribution is 6.04. The van der Waals surface area contributed by atoms with Gasteiger partial charge in [-0.2, -0.15) is 0 Å². The van der Waals surface area contributed by atoms with Crippen molar-refractivity contribution in [3.8, 4) is 0 Å². The Morgan fingerprint density at radius 2 is 1.51 bits per heavy atom. The summed E-state index contributed by atoms with van der Waals surface area (Å²) in [4.78, 5) is 21.3. The van der Waals surface area contributed by atoms with Crippen LogP contribution in [0.5, 0.6) is 0 Å². The molecule has 3 N–H and O–H groups in total. The third-order valence-corrected chi connectivity index (χ3v) is 5.73. The zero-order valence-electron chi connectivity index (χ0n) is 19.3. The first-order valence-electron chi connectivity index (χ1n) is 11.5. The molecule has 0 fully saturated rings. The van der Waals surface area contributed by atoms with Crippen molar-refractivity contribution in [2.45, 2.75) is 13.3 Å². The van der Waals surface area contributed by atoms with Crippen LogP contribution in [-0.4, -0.2) is 15.9 Å². The fourth-order valence-electron chi connectivity index (χ4n) is 3.86. The van der Waals surface area contributed by atoms with Gasteiger partial charge in [0.15, 0.2) is 0 Å². The Morgan fingerprint density at radius 3 is 2.31 bits per heavy atom. The summed E-state index contributed by atoms with van der Waals surface area (Å²) in [7, 11) is 0. The average molecular weight is 460 g/mol. The molecule has 0 atom stereocenters. The van der Waals surface area contributed by atoms with Crippen molar-refractivity contribution in [3.05, 3.63) is 115 Å². The largest absolute Gasteiger partial charge is 0.355 e. The van der Waals surface area contributed by atoms with Gasteiger partial charge in [0.2, 0.25) is 0 Å². The maximum Gasteiger partial charge on any atom is 0.255 e. The predicted molar refractivity (Wildman–Crippen MR) is 143 cm³/mol. The Labute approximate surface area is 204 Å². The van der Waals surface area contributed by atoms with E-state index in [1.54, 1.807) is 18.6 Å². The lowest BCUT2D eigenvalue weighted by molar-refractivity contribution is 0.102. The Hall–Kier alpha value is -4.71. The minimum Gasteiger partial charge on any atom is -0.355 e. The fourth-order valence-corrected chi connectivity index (χ4v) is 3.86. The highest BCUT2D eigenvalue weighted by Crippen LogP contribution is 2.27. The van der Waals surface area contributed by atoms with Gasteiger partial charge in [0.05, 0.1) is 5.52 Å². The predicted octanol–water partition coefficient (Wildman–Crippen LogP) is 6.93. The van der Waals surface area contributed by atoms with Crippen molar-refractivity contribution < 1.29 is 4.79 Å². The number of nitrogens with one attached hydrogen (secondary N) is 3. The van der Waals surface area contributed by atoms with Crippen molar-refractivity contribution >= 4 is 45.2 Å². The van der Waals surface area contributed by atoms with Gasteiger partial charge in [-0.15, -0.1) is 0 Å². The summed E-state index contributed by atoms with van der Waals surface area (Å²) in [6, 6.07) is 27.1. The first-order chi connectivity index (χ1) is 17.2. The van der Waals surface area contributed by atoms with Gasteiger partial charge in [0, 0.05) is 58.0 Å². The molecule has 35 heavy (non-hydrogen) atoms. The van der Waals surface area contributed by atoms with Crippen LogP contribution in [-0.2, 0) is 6.42 Å².